The Morgan fingerprint density at radius 1 is 1.34 bits per heavy atom. The van der Waals surface area contributed by atoms with Crippen LogP contribution in [0.15, 0.2) is 41.1 Å². The van der Waals surface area contributed by atoms with Gasteiger partial charge in [0.15, 0.2) is 5.13 Å². The number of hydrogen-bond donors (Lipinski definition) is 1. The van der Waals surface area contributed by atoms with E-state index in [0.717, 1.165) is 34.0 Å². The highest BCUT2D eigenvalue weighted by molar-refractivity contribution is 7.15. The molecule has 0 radical (unpaired) electrons. The predicted molar refractivity (Wildman–Crippen MR) is 113 cm³/mol. The van der Waals surface area contributed by atoms with Crippen LogP contribution in [0.3, 0.4) is 0 Å². The van der Waals surface area contributed by atoms with Gasteiger partial charge in [0.05, 0.1) is 16.6 Å². The molecular formula is C21H17ClN4O2S. The fourth-order valence-corrected chi connectivity index (χ4v) is 4.36. The van der Waals surface area contributed by atoms with Crippen LogP contribution in [0.4, 0.5) is 5.13 Å². The van der Waals surface area contributed by atoms with Crippen molar-refractivity contribution in [3.63, 3.8) is 0 Å². The second kappa shape index (κ2) is 7.24. The molecule has 1 aliphatic rings. The molecule has 0 atom stereocenters. The minimum atomic E-state index is -0.232. The summed E-state index contributed by atoms with van der Waals surface area (Å²) in [5.74, 6) is 0.169. The number of pyridine rings is 1. The SMILES string of the molecule is Cc1noc2nc(C3CC3)cc(C(=O)Nc3ncc(Cc4ccccc4Cl)s3)c12. The van der Waals surface area contributed by atoms with Gasteiger partial charge in [0, 0.05) is 34.1 Å². The molecule has 3 heterocycles. The van der Waals surface area contributed by atoms with Crippen LogP contribution < -0.4 is 5.32 Å². The number of nitrogens with one attached hydrogen (secondary N) is 1. The molecule has 0 unspecified atom stereocenters. The smallest absolute Gasteiger partial charge is 0.259 e. The van der Waals surface area contributed by atoms with E-state index in [-0.39, 0.29) is 5.91 Å². The van der Waals surface area contributed by atoms with Gasteiger partial charge in [0.2, 0.25) is 0 Å². The molecule has 5 rings (SSSR count). The van der Waals surface area contributed by atoms with Gasteiger partial charge >= 0.3 is 0 Å². The molecule has 1 N–H and O–H groups in total. The second-order valence-corrected chi connectivity index (χ2v) is 8.69. The topological polar surface area (TPSA) is 80.9 Å². The number of benzene rings is 1. The van der Waals surface area contributed by atoms with E-state index in [1.165, 1.54) is 11.3 Å². The molecule has 0 spiro atoms. The molecule has 3 aromatic heterocycles. The maximum Gasteiger partial charge on any atom is 0.259 e. The van der Waals surface area contributed by atoms with E-state index < -0.39 is 0 Å². The average Bonchev–Trinajstić information content (AvgIpc) is 3.38. The van der Waals surface area contributed by atoms with E-state index >= 15 is 0 Å². The Morgan fingerprint density at radius 2 is 2.17 bits per heavy atom. The van der Waals surface area contributed by atoms with Crippen LogP contribution in [0.2, 0.25) is 5.02 Å². The van der Waals surface area contributed by atoms with Crippen LogP contribution >= 0.6 is 22.9 Å². The molecule has 1 aromatic carbocycles. The van der Waals surface area contributed by atoms with Gasteiger partial charge in [-0.05, 0) is 37.5 Å². The molecule has 29 heavy (non-hydrogen) atoms. The van der Waals surface area contributed by atoms with Gasteiger partial charge in [0.25, 0.3) is 11.6 Å². The Hall–Kier alpha value is -2.77. The van der Waals surface area contributed by atoms with Crippen LogP contribution in [0.1, 0.15) is 50.9 Å². The zero-order valence-electron chi connectivity index (χ0n) is 15.6. The summed E-state index contributed by atoms with van der Waals surface area (Å²) in [6.07, 6.45) is 4.62. The minimum Gasteiger partial charge on any atom is -0.336 e. The molecule has 146 valence electrons. The number of fused-ring (bicyclic) bond motifs is 1. The Bertz CT molecular complexity index is 1230. The van der Waals surface area contributed by atoms with Crippen LogP contribution in [-0.2, 0) is 6.42 Å². The first-order valence-electron chi connectivity index (χ1n) is 9.35. The van der Waals surface area contributed by atoms with E-state index in [4.69, 9.17) is 16.1 Å². The van der Waals surface area contributed by atoms with Gasteiger partial charge in [-0.3, -0.25) is 10.1 Å². The van der Waals surface area contributed by atoms with Crippen molar-refractivity contribution in [1.29, 1.82) is 0 Å². The van der Waals surface area contributed by atoms with Crippen LogP contribution in [-0.4, -0.2) is 21.0 Å². The number of nitrogens with zero attached hydrogens (tertiary/aromatic N) is 3. The lowest BCUT2D eigenvalue weighted by Gasteiger charge is -2.06. The summed E-state index contributed by atoms with van der Waals surface area (Å²) in [5.41, 5.74) is 3.51. The van der Waals surface area contributed by atoms with Crippen molar-refractivity contribution in [1.82, 2.24) is 15.1 Å². The van der Waals surface area contributed by atoms with Crippen molar-refractivity contribution in [2.75, 3.05) is 5.32 Å². The van der Waals surface area contributed by atoms with Gasteiger partial charge in [-0.25, -0.2) is 9.97 Å². The number of hydrogen-bond acceptors (Lipinski definition) is 6. The number of carbonyl (C=O) groups is 1. The second-order valence-electron chi connectivity index (χ2n) is 7.17. The molecule has 1 saturated carbocycles. The fourth-order valence-electron chi connectivity index (χ4n) is 3.32. The summed E-state index contributed by atoms with van der Waals surface area (Å²) in [7, 11) is 0. The van der Waals surface area contributed by atoms with Gasteiger partial charge in [-0.15, -0.1) is 11.3 Å². The van der Waals surface area contributed by atoms with Crippen molar-refractivity contribution in [2.45, 2.75) is 32.1 Å². The lowest BCUT2D eigenvalue weighted by Crippen LogP contribution is -2.13. The minimum absolute atomic E-state index is 0.232. The Morgan fingerprint density at radius 3 is 2.97 bits per heavy atom. The first-order chi connectivity index (χ1) is 14.1. The first-order valence-corrected chi connectivity index (χ1v) is 10.5. The first kappa shape index (κ1) is 18.3. The van der Waals surface area contributed by atoms with Crippen molar-refractivity contribution in [3.8, 4) is 0 Å². The summed E-state index contributed by atoms with van der Waals surface area (Å²) < 4.78 is 5.32. The van der Waals surface area contributed by atoms with Gasteiger partial charge in [-0.1, -0.05) is 35.0 Å². The Labute approximate surface area is 175 Å². The molecule has 1 fully saturated rings. The maximum atomic E-state index is 13.0. The summed E-state index contributed by atoms with van der Waals surface area (Å²) in [5, 5.41) is 8.82. The van der Waals surface area contributed by atoms with Crippen molar-refractivity contribution in [2.24, 2.45) is 0 Å². The summed E-state index contributed by atoms with van der Waals surface area (Å²) in [6, 6.07) is 9.58. The number of amides is 1. The molecule has 0 saturated heterocycles. The third kappa shape index (κ3) is 3.63. The number of aromatic nitrogens is 3. The standard InChI is InChI=1S/C21H17ClN4O2S/c1-11-18-15(9-17(12-6-7-12)24-20(18)28-26-11)19(27)25-21-23-10-14(29-21)8-13-4-2-3-5-16(13)22/h2-5,9-10,12H,6-8H2,1H3,(H,23,25,27). The number of thiazole rings is 1. The predicted octanol–water partition coefficient (Wildman–Crippen LogP) is 5.36. The third-order valence-electron chi connectivity index (χ3n) is 4.97. The summed E-state index contributed by atoms with van der Waals surface area (Å²) in [4.78, 5) is 22.9. The number of anilines is 1. The summed E-state index contributed by atoms with van der Waals surface area (Å²) in [6.45, 7) is 1.81. The Kier molecular flexibility index (Phi) is 4.56. The largest absolute Gasteiger partial charge is 0.336 e. The van der Waals surface area contributed by atoms with Crippen molar-refractivity contribution < 1.29 is 9.32 Å². The van der Waals surface area contributed by atoms with E-state index in [9.17, 15) is 4.79 Å². The lowest BCUT2D eigenvalue weighted by atomic mass is 10.1. The molecule has 0 bridgehead atoms. The number of halogens is 1. The van der Waals surface area contributed by atoms with Gasteiger partial charge in [-0.2, -0.15) is 0 Å². The molecule has 1 aliphatic carbocycles. The van der Waals surface area contributed by atoms with E-state index in [0.29, 0.717) is 39.8 Å². The van der Waals surface area contributed by atoms with E-state index in [1.807, 2.05) is 37.3 Å². The van der Waals surface area contributed by atoms with Crippen LogP contribution in [0, 0.1) is 6.92 Å². The maximum absolute atomic E-state index is 13.0. The normalized spacial score (nSPS) is 13.7. The quantitative estimate of drug-likeness (QED) is 0.466. The van der Waals surface area contributed by atoms with Crippen LogP contribution in [0.25, 0.3) is 11.1 Å². The van der Waals surface area contributed by atoms with Crippen molar-refractivity contribution >= 4 is 45.1 Å². The molecular weight excluding hydrogens is 408 g/mol. The molecule has 8 heteroatoms. The van der Waals surface area contributed by atoms with Gasteiger partial charge < -0.3 is 4.52 Å². The monoisotopic (exact) mass is 424 g/mol. The van der Waals surface area contributed by atoms with E-state index in [2.05, 4.69) is 20.4 Å². The average molecular weight is 425 g/mol. The number of aryl methyl sites for hydroxylation is 1. The number of rotatable bonds is 5. The highest BCUT2D eigenvalue weighted by atomic mass is 35.5. The zero-order valence-corrected chi connectivity index (χ0v) is 17.2. The Balaban J connectivity index is 1.40. The summed E-state index contributed by atoms with van der Waals surface area (Å²) >= 11 is 7.68. The molecule has 0 aliphatic heterocycles. The van der Waals surface area contributed by atoms with E-state index in [1.54, 1.807) is 6.20 Å². The van der Waals surface area contributed by atoms with Crippen molar-refractivity contribution in [3.05, 3.63) is 68.9 Å². The third-order valence-corrected chi connectivity index (χ3v) is 6.26. The molecule has 6 nitrogen and oxygen atoms in total. The fraction of sp³-hybridized carbons (Fsp3) is 0.238. The number of carbonyl (C=O) groups excluding carboxylic acids is 1. The molecule has 4 aromatic rings. The lowest BCUT2D eigenvalue weighted by molar-refractivity contribution is 0.102. The van der Waals surface area contributed by atoms with Gasteiger partial charge in [0.1, 0.15) is 0 Å². The highest BCUT2D eigenvalue weighted by Gasteiger charge is 2.28. The molecule has 1 amide bonds. The zero-order chi connectivity index (χ0) is 20.0. The van der Waals surface area contributed by atoms with Crippen LogP contribution in [0.5, 0.6) is 0 Å². The highest BCUT2D eigenvalue weighted by Crippen LogP contribution is 2.40.